The summed E-state index contributed by atoms with van der Waals surface area (Å²) in [5.74, 6) is -3.51. The highest BCUT2D eigenvalue weighted by atomic mass is 19.4. The number of carbonyl (C=O) groups excluding carboxylic acids is 2. The van der Waals surface area contributed by atoms with Crippen LogP contribution in [0.1, 0.15) is 54.4 Å². The second-order valence-corrected chi connectivity index (χ2v) is 8.20. The normalized spacial score (nSPS) is 14.9. The molecule has 0 heterocycles. The summed E-state index contributed by atoms with van der Waals surface area (Å²) in [4.78, 5) is 23.7. The minimum absolute atomic E-state index is 0.255. The van der Waals surface area contributed by atoms with Gasteiger partial charge in [-0.2, -0.15) is 26.3 Å². The van der Waals surface area contributed by atoms with Crippen molar-refractivity contribution in [2.24, 2.45) is 16.7 Å². The lowest BCUT2D eigenvalue weighted by Crippen LogP contribution is -2.46. The van der Waals surface area contributed by atoms with Crippen LogP contribution in [0, 0.1) is 16.7 Å². The Bertz CT molecular complexity index is 503. The lowest BCUT2D eigenvalue weighted by molar-refractivity contribution is -0.313. The zero-order valence-corrected chi connectivity index (χ0v) is 16.2. The summed E-state index contributed by atoms with van der Waals surface area (Å²) < 4.78 is 82.4. The van der Waals surface area contributed by atoms with Crippen molar-refractivity contribution in [1.82, 2.24) is 0 Å². The molecule has 0 amide bonds. The Morgan fingerprint density at radius 1 is 0.889 bits per heavy atom. The van der Waals surface area contributed by atoms with E-state index in [0.29, 0.717) is 6.42 Å². The second-order valence-electron chi connectivity index (χ2n) is 8.20. The predicted octanol–water partition coefficient (Wildman–Crippen LogP) is 5.05. The van der Waals surface area contributed by atoms with Crippen LogP contribution in [0.15, 0.2) is 0 Å². The van der Waals surface area contributed by atoms with Gasteiger partial charge in [-0.25, -0.2) is 4.79 Å². The van der Waals surface area contributed by atoms with Crippen molar-refractivity contribution in [2.75, 3.05) is 6.61 Å². The zero-order chi connectivity index (χ0) is 21.8. The number of carbonyl (C=O) groups is 2. The summed E-state index contributed by atoms with van der Waals surface area (Å²) in [6.45, 7) is 9.62. The van der Waals surface area contributed by atoms with E-state index < -0.39 is 48.3 Å². The molecule has 0 aromatic heterocycles. The number of halogens is 6. The van der Waals surface area contributed by atoms with Gasteiger partial charge < -0.3 is 9.47 Å². The summed E-state index contributed by atoms with van der Waals surface area (Å²) in [7, 11) is 0. The Labute approximate surface area is 154 Å². The van der Waals surface area contributed by atoms with E-state index >= 15 is 0 Å². The SMILES string of the molecule is CCC(C)(C)CC(C(=O)OCC(=O)OC(C(F)(F)F)C(F)(F)F)C(C)(C)C. The van der Waals surface area contributed by atoms with Crippen LogP contribution in [0.25, 0.3) is 0 Å². The number of hydrogen-bond donors (Lipinski definition) is 0. The van der Waals surface area contributed by atoms with Crippen molar-refractivity contribution in [3.63, 3.8) is 0 Å². The number of hydrogen-bond acceptors (Lipinski definition) is 4. The van der Waals surface area contributed by atoms with Crippen LogP contribution < -0.4 is 0 Å². The second kappa shape index (κ2) is 8.68. The van der Waals surface area contributed by atoms with Crippen LogP contribution in [0.5, 0.6) is 0 Å². The molecule has 27 heavy (non-hydrogen) atoms. The van der Waals surface area contributed by atoms with Gasteiger partial charge in [0.2, 0.25) is 0 Å². The highest BCUT2D eigenvalue weighted by molar-refractivity contribution is 5.78. The fourth-order valence-corrected chi connectivity index (χ4v) is 2.16. The quantitative estimate of drug-likeness (QED) is 0.437. The molecule has 0 aromatic rings. The van der Waals surface area contributed by atoms with Gasteiger partial charge in [0.25, 0.3) is 6.10 Å². The smallest absolute Gasteiger partial charge is 0.434 e. The molecular formula is C17H26F6O4. The molecule has 1 unspecified atom stereocenters. The molecule has 0 bridgehead atoms. The maximum absolute atomic E-state index is 12.4. The van der Waals surface area contributed by atoms with Crippen LogP contribution in [0.3, 0.4) is 0 Å². The highest BCUT2D eigenvalue weighted by Gasteiger charge is 2.60. The third-order valence-electron chi connectivity index (χ3n) is 4.22. The third-order valence-corrected chi connectivity index (χ3v) is 4.22. The van der Waals surface area contributed by atoms with Gasteiger partial charge in [-0.3, -0.25) is 4.79 Å². The van der Waals surface area contributed by atoms with Crippen molar-refractivity contribution in [2.45, 2.75) is 72.8 Å². The molecule has 0 rings (SSSR count). The maximum atomic E-state index is 12.4. The molecule has 1 atom stereocenters. The minimum Gasteiger partial charge on any atom is -0.453 e. The molecule has 0 aliphatic heterocycles. The zero-order valence-electron chi connectivity index (χ0n) is 16.2. The molecule has 0 saturated heterocycles. The Hall–Kier alpha value is -1.48. The Kier molecular flexibility index (Phi) is 8.21. The number of rotatable bonds is 7. The van der Waals surface area contributed by atoms with Gasteiger partial charge in [-0.15, -0.1) is 0 Å². The van der Waals surface area contributed by atoms with E-state index in [-0.39, 0.29) is 5.41 Å². The number of alkyl halides is 6. The van der Waals surface area contributed by atoms with Crippen molar-refractivity contribution in [3.8, 4) is 0 Å². The molecule has 0 spiro atoms. The molecule has 160 valence electrons. The molecular weight excluding hydrogens is 382 g/mol. The largest absolute Gasteiger partial charge is 0.453 e. The van der Waals surface area contributed by atoms with Gasteiger partial charge in [-0.1, -0.05) is 48.0 Å². The van der Waals surface area contributed by atoms with E-state index in [9.17, 15) is 35.9 Å². The molecule has 0 saturated carbocycles. The summed E-state index contributed by atoms with van der Waals surface area (Å²) in [6, 6.07) is 0. The summed E-state index contributed by atoms with van der Waals surface area (Å²) in [5, 5.41) is 0. The number of ether oxygens (including phenoxy) is 2. The monoisotopic (exact) mass is 408 g/mol. The molecule has 4 nitrogen and oxygen atoms in total. The maximum Gasteiger partial charge on any atom is 0.434 e. The van der Waals surface area contributed by atoms with E-state index in [2.05, 4.69) is 9.47 Å². The van der Waals surface area contributed by atoms with E-state index in [1.165, 1.54) is 0 Å². The van der Waals surface area contributed by atoms with Crippen LogP contribution in [0.4, 0.5) is 26.3 Å². The lowest BCUT2D eigenvalue weighted by atomic mass is 9.70. The first-order valence-electron chi connectivity index (χ1n) is 8.31. The molecule has 0 radical (unpaired) electrons. The molecule has 0 aliphatic carbocycles. The molecule has 0 aliphatic rings. The average Bonchev–Trinajstić information content (AvgIpc) is 2.44. The lowest BCUT2D eigenvalue weighted by Gasteiger charge is -2.35. The van der Waals surface area contributed by atoms with Crippen LogP contribution in [-0.4, -0.2) is 37.0 Å². The third kappa shape index (κ3) is 8.83. The standard InChI is InChI=1S/C17H26F6O4/c1-7-15(5,6)8-10(14(2,3)4)12(25)26-9-11(24)27-13(16(18,19)20)17(21,22)23/h10,13H,7-9H2,1-6H3. The first-order valence-corrected chi connectivity index (χ1v) is 8.31. The minimum atomic E-state index is -5.82. The van der Waals surface area contributed by atoms with Crippen molar-refractivity contribution in [1.29, 1.82) is 0 Å². The Balaban J connectivity index is 5.06. The van der Waals surface area contributed by atoms with Gasteiger partial charge >= 0.3 is 24.3 Å². The van der Waals surface area contributed by atoms with E-state index in [4.69, 9.17) is 0 Å². The number of esters is 2. The first kappa shape index (κ1) is 25.5. The van der Waals surface area contributed by atoms with Crippen LogP contribution >= 0.6 is 0 Å². The topological polar surface area (TPSA) is 52.6 Å². The van der Waals surface area contributed by atoms with Gasteiger partial charge in [0.1, 0.15) is 0 Å². The van der Waals surface area contributed by atoms with E-state index in [1.54, 1.807) is 20.8 Å². The average molecular weight is 408 g/mol. The molecule has 0 fully saturated rings. The predicted molar refractivity (Wildman–Crippen MR) is 84.6 cm³/mol. The van der Waals surface area contributed by atoms with Crippen molar-refractivity contribution >= 4 is 11.9 Å². The van der Waals surface area contributed by atoms with Crippen LogP contribution in [-0.2, 0) is 19.1 Å². The fourth-order valence-electron chi connectivity index (χ4n) is 2.16. The van der Waals surface area contributed by atoms with Crippen molar-refractivity contribution < 1.29 is 45.4 Å². The summed E-state index contributed by atoms with van der Waals surface area (Å²) in [5.41, 5.74) is -0.844. The molecule has 0 N–H and O–H groups in total. The highest BCUT2D eigenvalue weighted by Crippen LogP contribution is 2.39. The fraction of sp³-hybridized carbons (Fsp3) is 0.882. The molecule has 0 aromatic carbocycles. The molecule has 10 heteroatoms. The van der Waals surface area contributed by atoms with E-state index in [0.717, 1.165) is 6.42 Å². The first-order chi connectivity index (χ1) is 11.8. The van der Waals surface area contributed by atoms with Gasteiger partial charge in [0.05, 0.1) is 5.92 Å². The van der Waals surface area contributed by atoms with Gasteiger partial charge in [-0.05, 0) is 17.3 Å². The summed E-state index contributed by atoms with van der Waals surface area (Å²) >= 11 is 0. The van der Waals surface area contributed by atoms with Crippen LogP contribution in [0.2, 0.25) is 0 Å². The van der Waals surface area contributed by atoms with Gasteiger partial charge in [0.15, 0.2) is 6.61 Å². The summed E-state index contributed by atoms with van der Waals surface area (Å²) in [6.07, 6.45) is -14.8. The Morgan fingerprint density at radius 2 is 1.33 bits per heavy atom. The van der Waals surface area contributed by atoms with Gasteiger partial charge in [0, 0.05) is 0 Å². The Morgan fingerprint density at radius 3 is 1.67 bits per heavy atom. The van der Waals surface area contributed by atoms with Crippen molar-refractivity contribution in [3.05, 3.63) is 0 Å². The van der Waals surface area contributed by atoms with E-state index in [1.807, 2.05) is 20.8 Å².